The Labute approximate surface area is 142 Å². The molecule has 1 aromatic carbocycles. The molecule has 1 aliphatic rings. The van der Waals surface area contributed by atoms with Gasteiger partial charge in [-0.1, -0.05) is 17.7 Å². The van der Waals surface area contributed by atoms with Crippen molar-refractivity contribution in [2.24, 2.45) is 5.92 Å². The number of benzene rings is 1. The highest BCUT2D eigenvalue weighted by Crippen LogP contribution is 2.19. The van der Waals surface area contributed by atoms with E-state index in [0.717, 1.165) is 44.6 Å². The lowest BCUT2D eigenvalue weighted by atomic mass is 9.96. The van der Waals surface area contributed by atoms with Crippen molar-refractivity contribution in [2.45, 2.75) is 26.3 Å². The van der Waals surface area contributed by atoms with Gasteiger partial charge in [0.15, 0.2) is 0 Å². The van der Waals surface area contributed by atoms with Gasteiger partial charge in [-0.2, -0.15) is 11.3 Å². The average molecular weight is 328 g/mol. The smallest absolute Gasteiger partial charge is 0.251 e. The molecule has 2 aromatic rings. The minimum absolute atomic E-state index is 0.0469. The fraction of sp³-hybridized carbons (Fsp3) is 0.421. The third-order valence-electron chi connectivity index (χ3n) is 4.56. The maximum absolute atomic E-state index is 12.2. The van der Waals surface area contributed by atoms with E-state index in [1.165, 1.54) is 11.1 Å². The lowest BCUT2D eigenvalue weighted by molar-refractivity contribution is 0.0935. The van der Waals surface area contributed by atoms with Crippen molar-refractivity contribution in [3.05, 3.63) is 57.8 Å². The standard InChI is InChI=1S/C19H24N2OS/c1-15-2-4-18(5-3-15)19(22)20-12-16-6-9-21(10-7-16)13-17-8-11-23-14-17/h2-5,8,11,14,16H,6-7,9-10,12-13H2,1H3,(H,20,22). The maximum atomic E-state index is 12.2. The SMILES string of the molecule is Cc1ccc(C(=O)NCC2CCN(Cc3ccsc3)CC2)cc1. The Balaban J connectivity index is 1.40. The Morgan fingerprint density at radius 1 is 1.22 bits per heavy atom. The number of hydrogen-bond donors (Lipinski definition) is 1. The van der Waals surface area contributed by atoms with Crippen molar-refractivity contribution in [3.63, 3.8) is 0 Å². The number of carbonyl (C=O) groups excluding carboxylic acids is 1. The summed E-state index contributed by atoms with van der Waals surface area (Å²) in [5.74, 6) is 0.647. The minimum Gasteiger partial charge on any atom is -0.352 e. The van der Waals surface area contributed by atoms with Gasteiger partial charge >= 0.3 is 0 Å². The van der Waals surface area contributed by atoms with Crippen LogP contribution in [0.4, 0.5) is 0 Å². The summed E-state index contributed by atoms with van der Waals surface area (Å²) in [6.07, 6.45) is 2.33. The molecular formula is C19H24N2OS. The molecule has 122 valence electrons. The zero-order chi connectivity index (χ0) is 16.1. The summed E-state index contributed by atoms with van der Waals surface area (Å²) in [5.41, 5.74) is 3.35. The summed E-state index contributed by atoms with van der Waals surface area (Å²) >= 11 is 1.76. The van der Waals surface area contributed by atoms with Crippen LogP contribution < -0.4 is 5.32 Å². The molecule has 0 atom stereocenters. The summed E-state index contributed by atoms with van der Waals surface area (Å²) in [6.45, 7) is 6.14. The molecule has 0 spiro atoms. The molecule has 3 rings (SSSR count). The Morgan fingerprint density at radius 2 is 1.96 bits per heavy atom. The van der Waals surface area contributed by atoms with Crippen LogP contribution in [0.15, 0.2) is 41.1 Å². The zero-order valence-electron chi connectivity index (χ0n) is 13.6. The largest absolute Gasteiger partial charge is 0.352 e. The monoisotopic (exact) mass is 328 g/mol. The first-order valence-corrected chi connectivity index (χ1v) is 9.23. The molecule has 0 aliphatic carbocycles. The van der Waals surface area contributed by atoms with E-state index in [1.807, 2.05) is 31.2 Å². The molecule has 1 amide bonds. The number of carbonyl (C=O) groups is 1. The first-order chi connectivity index (χ1) is 11.2. The van der Waals surface area contributed by atoms with Crippen molar-refractivity contribution in [2.75, 3.05) is 19.6 Å². The van der Waals surface area contributed by atoms with Crippen LogP contribution in [-0.2, 0) is 6.54 Å². The number of rotatable bonds is 5. The van der Waals surface area contributed by atoms with E-state index in [-0.39, 0.29) is 5.91 Å². The number of likely N-dealkylation sites (tertiary alicyclic amines) is 1. The molecule has 4 heteroatoms. The van der Waals surface area contributed by atoms with Crippen LogP contribution in [0.1, 0.15) is 34.3 Å². The second kappa shape index (κ2) is 7.75. The van der Waals surface area contributed by atoms with Crippen LogP contribution >= 0.6 is 11.3 Å². The predicted octanol–water partition coefficient (Wildman–Crippen LogP) is 3.70. The number of thiophene rings is 1. The van der Waals surface area contributed by atoms with Gasteiger partial charge in [0, 0.05) is 18.7 Å². The zero-order valence-corrected chi connectivity index (χ0v) is 14.4. The Morgan fingerprint density at radius 3 is 2.61 bits per heavy atom. The van der Waals surface area contributed by atoms with Gasteiger partial charge in [-0.25, -0.2) is 0 Å². The van der Waals surface area contributed by atoms with Gasteiger partial charge in [-0.3, -0.25) is 9.69 Å². The first kappa shape index (κ1) is 16.2. The van der Waals surface area contributed by atoms with Gasteiger partial charge < -0.3 is 5.32 Å². The molecule has 23 heavy (non-hydrogen) atoms. The van der Waals surface area contributed by atoms with Gasteiger partial charge in [0.25, 0.3) is 5.91 Å². The van der Waals surface area contributed by atoms with Crippen LogP contribution in [0.25, 0.3) is 0 Å². The third-order valence-corrected chi connectivity index (χ3v) is 5.29. The molecule has 0 bridgehead atoms. The lowest BCUT2D eigenvalue weighted by Gasteiger charge is -2.31. The van der Waals surface area contributed by atoms with Crippen molar-refractivity contribution in [1.29, 1.82) is 0 Å². The van der Waals surface area contributed by atoms with E-state index in [0.29, 0.717) is 5.92 Å². The van der Waals surface area contributed by atoms with Gasteiger partial charge in [-0.05, 0) is 73.3 Å². The summed E-state index contributed by atoms with van der Waals surface area (Å²) in [6, 6.07) is 9.97. The predicted molar refractivity (Wildman–Crippen MR) is 95.8 cm³/mol. The highest BCUT2D eigenvalue weighted by molar-refractivity contribution is 7.07. The van der Waals surface area contributed by atoms with Crippen LogP contribution in [0.3, 0.4) is 0 Å². The molecule has 3 nitrogen and oxygen atoms in total. The molecule has 2 heterocycles. The van der Waals surface area contributed by atoms with Crippen LogP contribution in [0, 0.1) is 12.8 Å². The summed E-state index contributed by atoms with van der Waals surface area (Å²) in [4.78, 5) is 14.7. The van der Waals surface area contributed by atoms with E-state index >= 15 is 0 Å². The molecule has 0 saturated carbocycles. The highest BCUT2D eigenvalue weighted by atomic mass is 32.1. The van der Waals surface area contributed by atoms with Crippen molar-refractivity contribution >= 4 is 17.2 Å². The van der Waals surface area contributed by atoms with Crippen molar-refractivity contribution in [1.82, 2.24) is 10.2 Å². The number of piperidine rings is 1. The van der Waals surface area contributed by atoms with Gasteiger partial charge in [0.2, 0.25) is 0 Å². The lowest BCUT2D eigenvalue weighted by Crippen LogP contribution is -2.38. The second-order valence-corrected chi connectivity index (χ2v) is 7.21. The van der Waals surface area contributed by atoms with E-state index in [1.54, 1.807) is 11.3 Å². The number of hydrogen-bond acceptors (Lipinski definition) is 3. The highest BCUT2D eigenvalue weighted by Gasteiger charge is 2.20. The van der Waals surface area contributed by atoms with Crippen LogP contribution in [-0.4, -0.2) is 30.4 Å². The number of nitrogens with one attached hydrogen (secondary N) is 1. The summed E-state index contributed by atoms with van der Waals surface area (Å²) in [5, 5.41) is 7.46. The fourth-order valence-corrected chi connectivity index (χ4v) is 3.69. The van der Waals surface area contributed by atoms with Crippen molar-refractivity contribution < 1.29 is 4.79 Å². The molecule has 1 N–H and O–H groups in total. The maximum Gasteiger partial charge on any atom is 0.251 e. The van der Waals surface area contributed by atoms with E-state index in [9.17, 15) is 4.79 Å². The Hall–Kier alpha value is -1.65. The number of nitrogens with zero attached hydrogens (tertiary/aromatic N) is 1. The van der Waals surface area contributed by atoms with Gasteiger partial charge in [-0.15, -0.1) is 0 Å². The fourth-order valence-electron chi connectivity index (χ4n) is 3.03. The average Bonchev–Trinajstić information content (AvgIpc) is 3.07. The van der Waals surface area contributed by atoms with E-state index in [2.05, 4.69) is 27.0 Å². The third kappa shape index (κ3) is 4.66. The quantitative estimate of drug-likeness (QED) is 0.908. The second-order valence-electron chi connectivity index (χ2n) is 6.43. The molecule has 1 saturated heterocycles. The molecule has 0 radical (unpaired) electrons. The van der Waals surface area contributed by atoms with Crippen molar-refractivity contribution in [3.8, 4) is 0 Å². The number of aryl methyl sites for hydroxylation is 1. The molecule has 0 unspecified atom stereocenters. The first-order valence-electron chi connectivity index (χ1n) is 8.29. The number of amides is 1. The van der Waals surface area contributed by atoms with Gasteiger partial charge in [0.1, 0.15) is 0 Å². The van der Waals surface area contributed by atoms with Gasteiger partial charge in [0.05, 0.1) is 0 Å². The summed E-state index contributed by atoms with van der Waals surface area (Å²) < 4.78 is 0. The van der Waals surface area contributed by atoms with E-state index in [4.69, 9.17) is 0 Å². The Kier molecular flexibility index (Phi) is 5.47. The van der Waals surface area contributed by atoms with E-state index < -0.39 is 0 Å². The molecule has 1 fully saturated rings. The van der Waals surface area contributed by atoms with Crippen LogP contribution in [0.5, 0.6) is 0 Å². The minimum atomic E-state index is 0.0469. The molecule has 1 aliphatic heterocycles. The van der Waals surface area contributed by atoms with Crippen LogP contribution in [0.2, 0.25) is 0 Å². The normalized spacial score (nSPS) is 16.4. The molecule has 1 aromatic heterocycles. The summed E-state index contributed by atoms with van der Waals surface area (Å²) in [7, 11) is 0. The topological polar surface area (TPSA) is 32.3 Å². The Bertz CT molecular complexity index is 613. The molecular weight excluding hydrogens is 304 g/mol.